The molecule has 0 saturated carbocycles. The average Bonchev–Trinajstić information content (AvgIpc) is 3.18. The monoisotopic (exact) mass is 537 g/mol. The molecular formula is C28H28ClN3O4S. The van der Waals surface area contributed by atoms with Crippen LogP contribution in [0.15, 0.2) is 77.8 Å². The molecule has 2 amide bonds. The lowest BCUT2D eigenvalue weighted by molar-refractivity contribution is -0.128. The minimum atomic E-state index is -0.565. The number of nitrogens with zero attached hydrogens (tertiary/aromatic N) is 2. The molecule has 0 aliphatic carbocycles. The summed E-state index contributed by atoms with van der Waals surface area (Å²) in [6, 6.07) is 22.0. The molecule has 1 aliphatic rings. The highest BCUT2D eigenvalue weighted by atomic mass is 35.5. The Morgan fingerprint density at radius 3 is 2.35 bits per heavy atom. The summed E-state index contributed by atoms with van der Waals surface area (Å²) in [5.74, 6) is 1.09. The van der Waals surface area contributed by atoms with Crippen LogP contribution in [0.4, 0.5) is 11.4 Å². The third-order valence-corrected chi connectivity index (χ3v) is 7.10. The second-order valence-electron chi connectivity index (χ2n) is 8.27. The minimum Gasteiger partial charge on any atom is -0.497 e. The molecule has 0 aromatic heterocycles. The van der Waals surface area contributed by atoms with Crippen LogP contribution >= 0.6 is 23.4 Å². The Hall–Kier alpha value is -3.49. The second kappa shape index (κ2) is 12.7. The molecule has 4 rings (SSSR count). The van der Waals surface area contributed by atoms with Crippen LogP contribution in [-0.4, -0.2) is 47.4 Å². The molecule has 9 heteroatoms. The summed E-state index contributed by atoms with van der Waals surface area (Å²) >= 11 is 7.31. The molecule has 0 radical (unpaired) electrons. The molecule has 1 saturated heterocycles. The maximum absolute atomic E-state index is 13.4. The van der Waals surface area contributed by atoms with E-state index in [0.29, 0.717) is 41.1 Å². The lowest BCUT2D eigenvalue weighted by atomic mass is 10.1. The number of halogens is 1. The average molecular weight is 538 g/mol. The summed E-state index contributed by atoms with van der Waals surface area (Å²) in [4.78, 5) is 32.5. The van der Waals surface area contributed by atoms with Crippen molar-refractivity contribution in [3.63, 3.8) is 0 Å². The van der Waals surface area contributed by atoms with Gasteiger partial charge < -0.3 is 14.8 Å². The number of rotatable bonds is 10. The van der Waals surface area contributed by atoms with E-state index in [2.05, 4.69) is 5.32 Å². The largest absolute Gasteiger partial charge is 0.497 e. The molecule has 1 aliphatic heterocycles. The number of anilines is 1. The molecule has 0 spiro atoms. The van der Waals surface area contributed by atoms with E-state index < -0.39 is 5.25 Å². The smallest absolute Gasteiger partial charge is 0.242 e. The van der Waals surface area contributed by atoms with Gasteiger partial charge in [0.05, 0.1) is 19.4 Å². The SMILES string of the molecule is CCOc1ccc(NC(=O)CC2SC(=Nc3ccc(OC)cc3)N(CCc3ccc(Cl)cc3)C2=O)cc1. The van der Waals surface area contributed by atoms with Crippen molar-refractivity contribution >= 4 is 51.7 Å². The summed E-state index contributed by atoms with van der Waals surface area (Å²) in [6.07, 6.45) is 0.673. The van der Waals surface area contributed by atoms with Gasteiger partial charge in [-0.15, -0.1) is 0 Å². The Morgan fingerprint density at radius 2 is 1.70 bits per heavy atom. The van der Waals surface area contributed by atoms with Crippen molar-refractivity contribution < 1.29 is 19.1 Å². The maximum atomic E-state index is 13.4. The highest BCUT2D eigenvalue weighted by Crippen LogP contribution is 2.32. The highest BCUT2D eigenvalue weighted by molar-refractivity contribution is 8.15. The number of thioether (sulfide) groups is 1. The first-order chi connectivity index (χ1) is 17.9. The van der Waals surface area contributed by atoms with Gasteiger partial charge in [-0.3, -0.25) is 14.5 Å². The first-order valence-corrected chi connectivity index (χ1v) is 13.2. The molecule has 192 valence electrons. The van der Waals surface area contributed by atoms with E-state index in [1.165, 1.54) is 11.8 Å². The Bertz CT molecular complexity index is 1250. The van der Waals surface area contributed by atoms with Crippen LogP contribution in [0.2, 0.25) is 5.02 Å². The second-order valence-corrected chi connectivity index (χ2v) is 9.88. The van der Waals surface area contributed by atoms with Crippen molar-refractivity contribution in [2.24, 2.45) is 4.99 Å². The van der Waals surface area contributed by atoms with E-state index in [-0.39, 0.29) is 18.2 Å². The molecule has 1 fully saturated rings. The number of nitrogens with one attached hydrogen (secondary N) is 1. The minimum absolute atomic E-state index is 0.0375. The zero-order valence-corrected chi connectivity index (χ0v) is 22.2. The lowest BCUT2D eigenvalue weighted by Crippen LogP contribution is -2.35. The molecule has 1 N–H and O–H groups in total. The fraction of sp³-hybridized carbons (Fsp3) is 0.250. The van der Waals surface area contributed by atoms with Crippen molar-refractivity contribution in [2.75, 3.05) is 25.6 Å². The van der Waals surface area contributed by atoms with E-state index in [4.69, 9.17) is 26.1 Å². The summed E-state index contributed by atoms with van der Waals surface area (Å²) in [5, 5.41) is 3.54. The number of ether oxygens (including phenoxy) is 2. The van der Waals surface area contributed by atoms with Crippen molar-refractivity contribution in [3.8, 4) is 11.5 Å². The number of carbonyl (C=O) groups is 2. The molecule has 7 nitrogen and oxygen atoms in total. The van der Waals surface area contributed by atoms with Gasteiger partial charge in [0, 0.05) is 23.7 Å². The predicted molar refractivity (Wildman–Crippen MR) is 149 cm³/mol. The molecule has 1 heterocycles. The summed E-state index contributed by atoms with van der Waals surface area (Å²) in [7, 11) is 1.61. The van der Waals surface area contributed by atoms with Crippen molar-refractivity contribution in [1.29, 1.82) is 0 Å². The van der Waals surface area contributed by atoms with Crippen LogP contribution in [-0.2, 0) is 16.0 Å². The summed E-state index contributed by atoms with van der Waals surface area (Å²) in [6.45, 7) is 2.93. The number of methoxy groups -OCH3 is 1. The van der Waals surface area contributed by atoms with Crippen molar-refractivity contribution in [3.05, 3.63) is 83.4 Å². The zero-order valence-electron chi connectivity index (χ0n) is 20.6. The van der Waals surface area contributed by atoms with Crippen molar-refractivity contribution in [1.82, 2.24) is 4.90 Å². The molecule has 1 atom stereocenters. The molecular weight excluding hydrogens is 510 g/mol. The highest BCUT2D eigenvalue weighted by Gasteiger charge is 2.39. The van der Waals surface area contributed by atoms with Crippen LogP contribution in [0.5, 0.6) is 11.5 Å². The van der Waals surface area contributed by atoms with E-state index >= 15 is 0 Å². The number of hydrogen-bond donors (Lipinski definition) is 1. The zero-order chi connectivity index (χ0) is 26.2. The fourth-order valence-electron chi connectivity index (χ4n) is 3.77. The van der Waals surface area contributed by atoms with Gasteiger partial charge in [0.15, 0.2) is 5.17 Å². The van der Waals surface area contributed by atoms with E-state index in [1.807, 2.05) is 55.5 Å². The third kappa shape index (κ3) is 7.27. The lowest BCUT2D eigenvalue weighted by Gasteiger charge is -2.16. The number of amides is 2. The first-order valence-electron chi connectivity index (χ1n) is 11.9. The fourth-order valence-corrected chi connectivity index (χ4v) is 5.08. The van der Waals surface area contributed by atoms with E-state index in [9.17, 15) is 9.59 Å². The predicted octanol–water partition coefficient (Wildman–Crippen LogP) is 5.95. The Balaban J connectivity index is 1.47. The Morgan fingerprint density at radius 1 is 1.03 bits per heavy atom. The van der Waals surface area contributed by atoms with Gasteiger partial charge in [-0.2, -0.15) is 0 Å². The molecule has 37 heavy (non-hydrogen) atoms. The number of carbonyl (C=O) groups excluding carboxylic acids is 2. The van der Waals surface area contributed by atoms with Gasteiger partial charge in [0.2, 0.25) is 11.8 Å². The molecule has 3 aromatic carbocycles. The van der Waals surface area contributed by atoms with Crippen LogP contribution in [0.25, 0.3) is 0 Å². The van der Waals surface area contributed by atoms with Crippen LogP contribution < -0.4 is 14.8 Å². The normalized spacial score (nSPS) is 16.2. The Labute approximate surface area is 225 Å². The summed E-state index contributed by atoms with van der Waals surface area (Å²) < 4.78 is 10.7. The summed E-state index contributed by atoms with van der Waals surface area (Å²) in [5.41, 5.74) is 2.41. The van der Waals surface area contributed by atoms with Gasteiger partial charge in [-0.25, -0.2) is 4.99 Å². The standard InChI is InChI=1S/C28H28ClN3O4S/c1-3-36-24-14-10-21(11-15-24)30-26(33)18-25-27(34)32(17-16-19-4-6-20(29)7-5-19)28(37-25)31-22-8-12-23(35-2)13-9-22/h4-15,25H,3,16-18H2,1-2H3,(H,30,33). The van der Waals surface area contributed by atoms with Gasteiger partial charge in [-0.1, -0.05) is 35.5 Å². The van der Waals surface area contributed by atoms with Crippen LogP contribution in [0.3, 0.4) is 0 Å². The van der Waals surface area contributed by atoms with Crippen LogP contribution in [0, 0.1) is 0 Å². The molecule has 0 bridgehead atoms. The van der Waals surface area contributed by atoms with E-state index in [1.54, 1.807) is 36.3 Å². The number of benzene rings is 3. The molecule has 1 unspecified atom stereocenters. The van der Waals surface area contributed by atoms with E-state index in [0.717, 1.165) is 17.1 Å². The van der Waals surface area contributed by atoms with Crippen LogP contribution in [0.1, 0.15) is 18.9 Å². The van der Waals surface area contributed by atoms with Gasteiger partial charge in [0.1, 0.15) is 16.7 Å². The number of hydrogen-bond acceptors (Lipinski definition) is 6. The van der Waals surface area contributed by atoms with Gasteiger partial charge in [0.25, 0.3) is 0 Å². The topological polar surface area (TPSA) is 80.2 Å². The Kier molecular flexibility index (Phi) is 9.09. The first kappa shape index (κ1) is 26.6. The number of amidine groups is 1. The van der Waals surface area contributed by atoms with Gasteiger partial charge in [-0.05, 0) is 79.6 Å². The quantitative estimate of drug-likeness (QED) is 0.345. The maximum Gasteiger partial charge on any atom is 0.242 e. The van der Waals surface area contributed by atoms with Gasteiger partial charge >= 0.3 is 0 Å². The molecule has 3 aromatic rings. The third-order valence-electron chi connectivity index (χ3n) is 5.67. The number of aliphatic imine (C=N–C) groups is 1. The van der Waals surface area contributed by atoms with Crippen molar-refractivity contribution in [2.45, 2.75) is 25.0 Å².